The molecule has 1 rings (SSSR count). The van der Waals surface area contributed by atoms with Gasteiger partial charge in [-0.05, 0) is 39.2 Å². The molecular weight excluding hydrogens is 172 g/mol. The summed E-state index contributed by atoms with van der Waals surface area (Å²) in [7, 11) is 0. The second-order valence-corrected chi connectivity index (χ2v) is 6.47. The Bertz CT molecular complexity index is 163. The molecule has 2 heteroatoms. The third-order valence-corrected chi connectivity index (χ3v) is 3.11. The highest BCUT2D eigenvalue weighted by Gasteiger charge is 2.37. The van der Waals surface area contributed by atoms with Gasteiger partial charge in [0.05, 0.1) is 0 Å². The van der Waals surface area contributed by atoms with Gasteiger partial charge in [-0.25, -0.2) is 0 Å². The van der Waals surface area contributed by atoms with Crippen LogP contribution in [0.5, 0.6) is 0 Å². The molecule has 0 aromatic heterocycles. The van der Waals surface area contributed by atoms with E-state index in [-0.39, 0.29) is 5.54 Å². The van der Waals surface area contributed by atoms with E-state index in [0.29, 0.717) is 11.5 Å². The van der Waals surface area contributed by atoms with Crippen molar-refractivity contribution in [3.05, 3.63) is 0 Å². The Kier molecular flexibility index (Phi) is 3.27. The van der Waals surface area contributed by atoms with Crippen molar-refractivity contribution in [1.82, 2.24) is 10.2 Å². The van der Waals surface area contributed by atoms with E-state index < -0.39 is 0 Å². The molecule has 1 aliphatic heterocycles. The largest absolute Gasteiger partial charge is 0.304 e. The molecule has 2 nitrogen and oxygen atoms in total. The lowest BCUT2D eigenvalue weighted by molar-refractivity contribution is -0.00897. The Hall–Kier alpha value is -0.0800. The molecule has 1 heterocycles. The number of hydrogen-bond acceptors (Lipinski definition) is 2. The number of nitrogens with one attached hydrogen (secondary N) is 1. The van der Waals surface area contributed by atoms with Crippen molar-refractivity contribution < 1.29 is 0 Å². The first kappa shape index (κ1) is 12.0. The molecule has 84 valence electrons. The Labute approximate surface area is 89.1 Å². The van der Waals surface area contributed by atoms with Crippen molar-refractivity contribution in [2.24, 2.45) is 5.41 Å². The molecule has 0 aromatic rings. The summed E-state index contributed by atoms with van der Waals surface area (Å²) >= 11 is 0. The van der Waals surface area contributed by atoms with Crippen molar-refractivity contribution >= 4 is 0 Å². The maximum atomic E-state index is 3.47. The molecule has 1 saturated heterocycles. The summed E-state index contributed by atoms with van der Waals surface area (Å²) in [6.45, 7) is 16.2. The van der Waals surface area contributed by atoms with Gasteiger partial charge >= 0.3 is 0 Å². The normalized spacial score (nSPS) is 26.6. The van der Waals surface area contributed by atoms with E-state index in [4.69, 9.17) is 0 Å². The fraction of sp³-hybridized carbons (Fsp3) is 1.00. The van der Waals surface area contributed by atoms with Crippen LogP contribution in [0.1, 0.15) is 48.0 Å². The zero-order valence-corrected chi connectivity index (χ0v) is 10.6. The van der Waals surface area contributed by atoms with Gasteiger partial charge in [0, 0.05) is 18.2 Å². The summed E-state index contributed by atoms with van der Waals surface area (Å²) in [6.07, 6.45) is 1.26. The molecule has 0 spiro atoms. The van der Waals surface area contributed by atoms with Gasteiger partial charge in [0.1, 0.15) is 0 Å². The van der Waals surface area contributed by atoms with E-state index >= 15 is 0 Å². The lowest BCUT2D eigenvalue weighted by Crippen LogP contribution is -2.60. The predicted molar refractivity (Wildman–Crippen MR) is 62.3 cm³/mol. The lowest BCUT2D eigenvalue weighted by atomic mass is 9.81. The standard InChI is InChI=1S/C12H26N2/c1-11(2,3)10-7-8-13-9-14(10)12(4,5)6/h10,13H,7-9H2,1-6H3. The molecule has 14 heavy (non-hydrogen) atoms. The van der Waals surface area contributed by atoms with E-state index in [2.05, 4.69) is 51.8 Å². The molecule has 1 unspecified atom stereocenters. The smallest absolute Gasteiger partial charge is 0.0488 e. The number of hydrogen-bond donors (Lipinski definition) is 1. The van der Waals surface area contributed by atoms with Crippen molar-refractivity contribution in [2.75, 3.05) is 13.2 Å². The molecule has 0 saturated carbocycles. The molecule has 1 atom stereocenters. The molecule has 0 bridgehead atoms. The quantitative estimate of drug-likeness (QED) is 0.643. The second-order valence-electron chi connectivity index (χ2n) is 6.47. The van der Waals surface area contributed by atoms with Crippen molar-refractivity contribution in [1.29, 1.82) is 0 Å². The highest BCUT2D eigenvalue weighted by Crippen LogP contribution is 2.32. The number of rotatable bonds is 0. The molecule has 0 amide bonds. The monoisotopic (exact) mass is 198 g/mol. The van der Waals surface area contributed by atoms with Crippen LogP contribution in [0, 0.1) is 5.41 Å². The van der Waals surface area contributed by atoms with Crippen LogP contribution < -0.4 is 5.32 Å². The maximum absolute atomic E-state index is 3.47. The number of nitrogens with zero attached hydrogens (tertiary/aromatic N) is 1. The van der Waals surface area contributed by atoms with Crippen LogP contribution in [0.3, 0.4) is 0 Å². The minimum atomic E-state index is 0.269. The van der Waals surface area contributed by atoms with Crippen molar-refractivity contribution in [2.45, 2.75) is 59.5 Å². The minimum absolute atomic E-state index is 0.269. The summed E-state index contributed by atoms with van der Waals surface area (Å²) in [5.74, 6) is 0. The molecule has 1 N–H and O–H groups in total. The summed E-state index contributed by atoms with van der Waals surface area (Å²) in [6, 6.07) is 0.698. The summed E-state index contributed by atoms with van der Waals surface area (Å²) < 4.78 is 0. The van der Waals surface area contributed by atoms with Gasteiger partial charge in [0.2, 0.25) is 0 Å². The zero-order chi connectivity index (χ0) is 11.0. The van der Waals surface area contributed by atoms with Gasteiger partial charge < -0.3 is 5.32 Å². The van der Waals surface area contributed by atoms with Crippen LogP contribution in [-0.4, -0.2) is 29.7 Å². The van der Waals surface area contributed by atoms with Gasteiger partial charge in [-0.2, -0.15) is 0 Å². The van der Waals surface area contributed by atoms with Crippen LogP contribution in [0.25, 0.3) is 0 Å². The first-order valence-corrected chi connectivity index (χ1v) is 5.70. The average molecular weight is 198 g/mol. The fourth-order valence-electron chi connectivity index (χ4n) is 2.31. The van der Waals surface area contributed by atoms with Crippen LogP contribution in [0.15, 0.2) is 0 Å². The van der Waals surface area contributed by atoms with Gasteiger partial charge in [-0.3, -0.25) is 4.90 Å². The third-order valence-electron chi connectivity index (χ3n) is 3.11. The summed E-state index contributed by atoms with van der Waals surface area (Å²) in [5, 5.41) is 3.47. The minimum Gasteiger partial charge on any atom is -0.304 e. The van der Waals surface area contributed by atoms with E-state index in [1.165, 1.54) is 6.42 Å². The van der Waals surface area contributed by atoms with Crippen molar-refractivity contribution in [3.63, 3.8) is 0 Å². The molecule has 0 aromatic carbocycles. The molecular formula is C12H26N2. The highest BCUT2D eigenvalue weighted by molar-refractivity contribution is 4.92. The highest BCUT2D eigenvalue weighted by atomic mass is 15.3. The first-order chi connectivity index (χ1) is 6.23. The Morgan fingerprint density at radius 2 is 1.64 bits per heavy atom. The molecule has 1 fully saturated rings. The third kappa shape index (κ3) is 2.71. The van der Waals surface area contributed by atoms with E-state index in [0.717, 1.165) is 13.2 Å². The summed E-state index contributed by atoms with van der Waals surface area (Å²) in [4.78, 5) is 2.59. The predicted octanol–water partition coefficient (Wildman–Crippen LogP) is 2.45. The van der Waals surface area contributed by atoms with Gasteiger partial charge in [-0.1, -0.05) is 20.8 Å². The Morgan fingerprint density at radius 1 is 1.07 bits per heavy atom. The Balaban J connectivity index is 2.80. The van der Waals surface area contributed by atoms with Crippen molar-refractivity contribution in [3.8, 4) is 0 Å². The van der Waals surface area contributed by atoms with E-state index in [1.807, 2.05) is 0 Å². The van der Waals surface area contributed by atoms with Gasteiger partial charge in [-0.15, -0.1) is 0 Å². The average Bonchev–Trinajstić information content (AvgIpc) is 2.01. The van der Waals surface area contributed by atoms with E-state index in [1.54, 1.807) is 0 Å². The Morgan fingerprint density at radius 3 is 2.00 bits per heavy atom. The molecule has 1 aliphatic rings. The maximum Gasteiger partial charge on any atom is 0.0488 e. The molecule has 0 radical (unpaired) electrons. The first-order valence-electron chi connectivity index (χ1n) is 5.70. The zero-order valence-electron chi connectivity index (χ0n) is 10.6. The SMILES string of the molecule is CC(C)(C)C1CCNCN1C(C)(C)C. The fourth-order valence-corrected chi connectivity index (χ4v) is 2.31. The van der Waals surface area contributed by atoms with Crippen LogP contribution in [0.4, 0.5) is 0 Å². The summed E-state index contributed by atoms with van der Waals surface area (Å²) in [5.41, 5.74) is 0.654. The second kappa shape index (κ2) is 3.82. The van der Waals surface area contributed by atoms with Gasteiger partial charge in [0.25, 0.3) is 0 Å². The van der Waals surface area contributed by atoms with Gasteiger partial charge in [0.15, 0.2) is 0 Å². The van der Waals surface area contributed by atoms with Crippen LogP contribution in [0.2, 0.25) is 0 Å². The topological polar surface area (TPSA) is 15.3 Å². The van der Waals surface area contributed by atoms with Crippen LogP contribution >= 0.6 is 0 Å². The molecule has 0 aliphatic carbocycles. The van der Waals surface area contributed by atoms with Crippen LogP contribution in [-0.2, 0) is 0 Å². The lowest BCUT2D eigenvalue weighted by Gasteiger charge is -2.50. The van der Waals surface area contributed by atoms with E-state index in [9.17, 15) is 0 Å².